The minimum absolute atomic E-state index is 0.108. The predicted molar refractivity (Wildman–Crippen MR) is 107 cm³/mol. The van der Waals surface area contributed by atoms with E-state index in [9.17, 15) is 9.59 Å². The van der Waals surface area contributed by atoms with Gasteiger partial charge in [-0.25, -0.2) is 0 Å². The van der Waals surface area contributed by atoms with Gasteiger partial charge < -0.3 is 5.32 Å². The largest absolute Gasteiger partial charge is 0.326 e. The van der Waals surface area contributed by atoms with Crippen molar-refractivity contribution in [3.8, 4) is 0 Å². The number of hydrogen-bond acceptors (Lipinski definition) is 5. The van der Waals surface area contributed by atoms with Crippen molar-refractivity contribution in [3.05, 3.63) is 69.7 Å². The first-order valence-corrected chi connectivity index (χ1v) is 9.51. The Balaban J connectivity index is 1.64. The van der Waals surface area contributed by atoms with Crippen LogP contribution < -0.4 is 10.6 Å². The Hall–Kier alpha value is -2.77. The van der Waals surface area contributed by atoms with Crippen molar-refractivity contribution >= 4 is 45.6 Å². The van der Waals surface area contributed by atoms with Crippen LogP contribution in [0.1, 0.15) is 34.3 Å². The lowest BCUT2D eigenvalue weighted by Crippen LogP contribution is -2.13. The molecule has 27 heavy (non-hydrogen) atoms. The summed E-state index contributed by atoms with van der Waals surface area (Å²) in [6.45, 7) is 1.77. The predicted octanol–water partition coefficient (Wildman–Crippen LogP) is 4.38. The molecule has 8 heteroatoms. The molecule has 0 unspecified atom stereocenters. The lowest BCUT2D eigenvalue weighted by Gasteiger charge is -2.06. The van der Waals surface area contributed by atoms with Crippen LogP contribution in [0.15, 0.2) is 48.5 Å². The molecule has 0 saturated heterocycles. The highest BCUT2D eigenvalue weighted by atomic mass is 35.5. The van der Waals surface area contributed by atoms with Gasteiger partial charge in [-0.2, -0.15) is 0 Å². The average molecular weight is 401 g/mol. The molecule has 3 rings (SSSR count). The van der Waals surface area contributed by atoms with Gasteiger partial charge >= 0.3 is 0 Å². The summed E-state index contributed by atoms with van der Waals surface area (Å²) in [4.78, 5) is 23.9. The minimum atomic E-state index is -0.309. The fraction of sp³-hybridized carbons (Fsp3) is 0.158. The first-order valence-electron chi connectivity index (χ1n) is 8.31. The summed E-state index contributed by atoms with van der Waals surface area (Å²) < 4.78 is 0. The maximum absolute atomic E-state index is 12.4. The lowest BCUT2D eigenvalue weighted by molar-refractivity contribution is -0.115. The topological polar surface area (TPSA) is 84.0 Å². The maximum atomic E-state index is 12.4. The van der Waals surface area contributed by atoms with E-state index in [0.29, 0.717) is 34.2 Å². The molecule has 0 atom stereocenters. The van der Waals surface area contributed by atoms with Gasteiger partial charge in [-0.1, -0.05) is 48.1 Å². The molecule has 0 radical (unpaired) electrons. The maximum Gasteiger partial charge on any atom is 0.257 e. The van der Waals surface area contributed by atoms with E-state index in [1.807, 2.05) is 24.3 Å². The number of anilines is 2. The van der Waals surface area contributed by atoms with Crippen LogP contribution in [0.25, 0.3) is 0 Å². The van der Waals surface area contributed by atoms with Crippen LogP contribution in [0, 0.1) is 0 Å². The molecule has 1 aromatic heterocycles. The molecule has 1 heterocycles. The minimum Gasteiger partial charge on any atom is -0.326 e. The first kappa shape index (κ1) is 19.0. The molecular weight excluding hydrogens is 384 g/mol. The quantitative estimate of drug-likeness (QED) is 0.643. The van der Waals surface area contributed by atoms with Crippen molar-refractivity contribution in [1.82, 2.24) is 10.2 Å². The van der Waals surface area contributed by atoms with E-state index < -0.39 is 0 Å². The number of hydrogen-bond donors (Lipinski definition) is 2. The van der Waals surface area contributed by atoms with Crippen LogP contribution in [0.2, 0.25) is 5.02 Å². The Morgan fingerprint density at radius 1 is 1.07 bits per heavy atom. The Kier molecular flexibility index (Phi) is 6.16. The molecule has 0 saturated carbocycles. The zero-order valence-corrected chi connectivity index (χ0v) is 16.1. The number of nitrogens with zero attached hydrogens (tertiary/aromatic N) is 2. The van der Waals surface area contributed by atoms with E-state index in [-0.39, 0.29) is 11.8 Å². The zero-order valence-electron chi connectivity index (χ0n) is 14.5. The second-order valence-corrected chi connectivity index (χ2v) is 7.24. The second-order valence-electron chi connectivity index (χ2n) is 5.74. The SMILES string of the molecule is CCC(=O)Nc1cccc(C(=O)Nc2nnc(Cc3ccc(Cl)cc3)s2)c1. The Morgan fingerprint density at radius 3 is 2.59 bits per heavy atom. The smallest absolute Gasteiger partial charge is 0.257 e. The summed E-state index contributed by atoms with van der Waals surface area (Å²) >= 11 is 7.20. The van der Waals surface area contributed by atoms with Crippen LogP contribution in [-0.4, -0.2) is 22.0 Å². The normalized spacial score (nSPS) is 10.4. The van der Waals surface area contributed by atoms with E-state index in [0.717, 1.165) is 10.6 Å². The highest BCUT2D eigenvalue weighted by Crippen LogP contribution is 2.21. The average Bonchev–Trinajstić information content (AvgIpc) is 3.10. The van der Waals surface area contributed by atoms with Crippen molar-refractivity contribution < 1.29 is 9.59 Å². The highest BCUT2D eigenvalue weighted by molar-refractivity contribution is 7.15. The summed E-state index contributed by atoms with van der Waals surface area (Å²) in [5, 5.41) is 15.5. The number of benzene rings is 2. The number of halogens is 1. The molecule has 3 aromatic rings. The Morgan fingerprint density at radius 2 is 1.85 bits per heavy atom. The number of amides is 2. The molecule has 0 aliphatic rings. The summed E-state index contributed by atoms with van der Waals surface area (Å²) in [5.74, 6) is -0.416. The summed E-state index contributed by atoms with van der Waals surface area (Å²) in [5.41, 5.74) is 2.07. The van der Waals surface area contributed by atoms with Gasteiger partial charge in [0.1, 0.15) is 5.01 Å². The van der Waals surface area contributed by atoms with Crippen molar-refractivity contribution in [2.24, 2.45) is 0 Å². The van der Waals surface area contributed by atoms with Crippen molar-refractivity contribution in [2.75, 3.05) is 10.6 Å². The standard InChI is InChI=1S/C19H17ClN4O2S/c1-2-16(25)21-15-5-3-4-13(11-15)18(26)22-19-24-23-17(27-19)10-12-6-8-14(20)9-7-12/h3-9,11H,2,10H2,1H3,(H,21,25)(H,22,24,26). The third-order valence-corrected chi connectivity index (χ3v) is 4.78. The van der Waals surface area contributed by atoms with Gasteiger partial charge in [0.2, 0.25) is 11.0 Å². The van der Waals surface area contributed by atoms with Crippen molar-refractivity contribution in [1.29, 1.82) is 0 Å². The monoisotopic (exact) mass is 400 g/mol. The van der Waals surface area contributed by atoms with Crippen molar-refractivity contribution in [2.45, 2.75) is 19.8 Å². The molecule has 2 amide bonds. The number of aromatic nitrogens is 2. The lowest BCUT2D eigenvalue weighted by atomic mass is 10.2. The zero-order chi connectivity index (χ0) is 19.2. The number of carbonyl (C=O) groups excluding carboxylic acids is 2. The second kappa shape index (κ2) is 8.75. The molecule has 0 spiro atoms. The van der Waals surface area contributed by atoms with Crippen molar-refractivity contribution in [3.63, 3.8) is 0 Å². The summed E-state index contributed by atoms with van der Waals surface area (Å²) in [6.07, 6.45) is 0.987. The fourth-order valence-electron chi connectivity index (χ4n) is 2.31. The molecule has 0 aliphatic carbocycles. The van der Waals surface area contributed by atoms with Crippen LogP contribution in [0.4, 0.5) is 10.8 Å². The van der Waals surface area contributed by atoms with Gasteiger partial charge in [0.05, 0.1) is 0 Å². The van der Waals surface area contributed by atoms with E-state index in [1.165, 1.54) is 11.3 Å². The fourth-order valence-corrected chi connectivity index (χ4v) is 3.20. The van der Waals surface area contributed by atoms with E-state index >= 15 is 0 Å². The molecule has 0 bridgehead atoms. The molecular formula is C19H17ClN4O2S. The van der Waals surface area contributed by atoms with Crippen LogP contribution in [0.3, 0.4) is 0 Å². The van der Waals surface area contributed by atoms with Crippen LogP contribution in [0.5, 0.6) is 0 Å². The van der Waals surface area contributed by atoms with Gasteiger partial charge in [-0.05, 0) is 35.9 Å². The van der Waals surface area contributed by atoms with Crippen LogP contribution >= 0.6 is 22.9 Å². The van der Waals surface area contributed by atoms with Gasteiger partial charge in [-0.3, -0.25) is 14.9 Å². The van der Waals surface area contributed by atoms with E-state index in [1.54, 1.807) is 31.2 Å². The number of rotatable bonds is 6. The van der Waals surface area contributed by atoms with Gasteiger partial charge in [0.15, 0.2) is 0 Å². The Labute approximate surface area is 165 Å². The van der Waals surface area contributed by atoms with E-state index in [2.05, 4.69) is 20.8 Å². The molecule has 2 N–H and O–H groups in total. The number of nitrogens with one attached hydrogen (secondary N) is 2. The molecule has 0 fully saturated rings. The first-order chi connectivity index (χ1) is 13.0. The van der Waals surface area contributed by atoms with Gasteiger partial charge in [0, 0.05) is 29.1 Å². The molecule has 2 aromatic carbocycles. The summed E-state index contributed by atoms with van der Waals surface area (Å²) in [7, 11) is 0. The van der Waals surface area contributed by atoms with Gasteiger partial charge in [0.25, 0.3) is 5.91 Å². The molecule has 138 valence electrons. The third kappa shape index (κ3) is 5.35. The van der Waals surface area contributed by atoms with Crippen LogP contribution in [-0.2, 0) is 11.2 Å². The number of carbonyl (C=O) groups is 2. The third-order valence-electron chi connectivity index (χ3n) is 3.69. The summed E-state index contributed by atoms with van der Waals surface area (Å²) in [6, 6.07) is 14.3. The molecule has 0 aliphatic heterocycles. The van der Waals surface area contributed by atoms with E-state index in [4.69, 9.17) is 11.6 Å². The molecule has 6 nitrogen and oxygen atoms in total. The highest BCUT2D eigenvalue weighted by Gasteiger charge is 2.12. The Bertz CT molecular complexity index is 956. The van der Waals surface area contributed by atoms with Gasteiger partial charge in [-0.15, -0.1) is 10.2 Å².